The fraction of sp³-hybridized carbons (Fsp3) is 0.797. The van der Waals surface area contributed by atoms with Crippen LogP contribution in [0.25, 0.3) is 0 Å². The molecule has 0 radical (unpaired) electrons. The quantitative estimate of drug-likeness (QED) is 0.00949. The second kappa shape index (κ2) is 46.8. The van der Waals surface area contributed by atoms with Gasteiger partial charge in [0.15, 0.2) is 23.0 Å². The number of aliphatic hydroxyl groups is 1. The van der Waals surface area contributed by atoms with Gasteiger partial charge in [0.25, 0.3) is 11.4 Å². The van der Waals surface area contributed by atoms with Crippen molar-refractivity contribution < 1.29 is 290 Å². The van der Waals surface area contributed by atoms with Gasteiger partial charge in [-0.05, 0) is 91.7 Å². The lowest BCUT2D eigenvalue weighted by atomic mass is 9.92. The van der Waals surface area contributed by atoms with E-state index in [1.165, 1.54) is 6.08 Å². The van der Waals surface area contributed by atoms with Gasteiger partial charge in [-0.1, -0.05) is 20.8 Å². The first-order valence-electron chi connectivity index (χ1n) is 37.6. The van der Waals surface area contributed by atoms with E-state index in [0.29, 0.717) is 12.6 Å². The van der Waals surface area contributed by atoms with E-state index in [9.17, 15) is 263 Å². The Morgan fingerprint density at radius 3 is 0.800 bits per heavy atom. The van der Waals surface area contributed by atoms with Gasteiger partial charge in [-0.15, -0.1) is 0 Å². The van der Waals surface area contributed by atoms with E-state index in [1.807, 2.05) is 0 Å². The molecular weight excluding hydrogens is 2130 g/mol. The van der Waals surface area contributed by atoms with Crippen LogP contribution in [0.5, 0.6) is 23.0 Å². The first-order valence-corrected chi connectivity index (χ1v) is 39.5. The maximum Gasteiger partial charge on any atom is 0.500 e. The minimum absolute atomic E-state index is 0. The van der Waals surface area contributed by atoms with Crippen LogP contribution in [0.15, 0.2) is 29.3 Å². The molecule has 2 atom stereocenters. The first kappa shape index (κ1) is 134. The third-order valence-corrected chi connectivity index (χ3v) is 21.4. The molecule has 0 amide bonds. The molecule has 0 fully saturated rings. The van der Waals surface area contributed by atoms with Crippen molar-refractivity contribution in [1.82, 2.24) is 0 Å². The van der Waals surface area contributed by atoms with Crippen molar-refractivity contribution in [1.29, 1.82) is 0 Å². The zero-order chi connectivity index (χ0) is 110. The van der Waals surface area contributed by atoms with Gasteiger partial charge in [0.2, 0.25) is 6.08 Å². The molecule has 0 aliphatic carbocycles. The Labute approximate surface area is 751 Å². The molecule has 0 spiro atoms. The second-order valence-corrected chi connectivity index (χ2v) is 31.1. The number of unbranched alkanes of at least 4 members (excludes halogenated alkanes) is 2. The number of nitro benzene ring substituents is 2. The van der Waals surface area contributed by atoms with Crippen LogP contribution in [0, 0.1) is 20.2 Å². The summed E-state index contributed by atoms with van der Waals surface area (Å²) in [6.07, 6.45) is -50.6. The molecule has 2 aromatic carbocycles. The summed E-state index contributed by atoms with van der Waals surface area (Å²) in [5.41, 5.74) is -4.35. The van der Waals surface area contributed by atoms with Gasteiger partial charge in [-0.2, -0.15) is 228 Å². The topological polar surface area (TPSA) is 227 Å². The molecule has 0 aliphatic heterocycles. The molecule has 0 saturated heterocycles. The summed E-state index contributed by atoms with van der Waals surface area (Å²) in [4.78, 5) is 46.2. The molecule has 0 aromatic heterocycles. The fourth-order valence-electron chi connectivity index (χ4n) is 10.5. The number of aliphatic hydroxyl groups excluding tert-OH is 1. The number of carbonyl (C=O) groups is 1. The third-order valence-electron chi connectivity index (χ3n) is 18.2. The number of hydrogen-bond donors (Lipinski definition) is 1. The lowest BCUT2D eigenvalue weighted by Gasteiger charge is -2.39. The third kappa shape index (κ3) is 27.5. The number of isocyanates is 1. The fourth-order valence-corrected chi connectivity index (χ4v) is 13.2. The van der Waals surface area contributed by atoms with Gasteiger partial charge in [0.05, 0.1) is 72.2 Å². The summed E-state index contributed by atoms with van der Waals surface area (Å²) >= 11 is 0. The van der Waals surface area contributed by atoms with Crippen LogP contribution < -0.4 is 18.9 Å². The number of hydrogen-bond acceptors (Lipinski definition) is 16. The summed E-state index contributed by atoms with van der Waals surface area (Å²) in [6, 6.07) is 0.913. The molecule has 1 N–H and O–H groups in total. The normalized spacial score (nSPS) is 14.8. The molecular formula is C69H73F52N3O15Si. The Kier molecular flexibility index (Phi) is 44.7. The standard InChI is InChI=1S/C37H41F26NO9Si.C26H19F26NO5.C5H9NO.CH4/c1-5-70-74(71-6-2,72-7-3)17-9-8-12-25(65)73-20(4)21-18-23(68-15-10-13-26(38,39)28(42,43)30(46,47)32(50,51)34(54,55)36(58,59)60)24(19-22(21)64(66)67)69-16-11-14-27(40,41)29(44,45)31(48,49)33(52,53)35(56,57)37(61,62)63;1-10(54)11-8-13(57-6-2-4-15(27,28)17(31,32)19(35,36)21(39,40)23(43,44)25(47,48)49)14(9-12(11)53(55)56)58-7-3-5-16(29,30)18(33,34)20(37,38)22(41,42)24(45,46)26(50,51)52;1-2-3-4-6-5-7;/h18-20H,5-17H2,1-4H3;8-10,54H,2-7H2,1H3;2-4H2,1H3;1H4. The van der Waals surface area contributed by atoms with Crippen molar-refractivity contribution in [2.24, 2.45) is 4.99 Å². The highest BCUT2D eigenvalue weighted by atomic mass is 28.4. The zero-order valence-corrected chi connectivity index (χ0v) is 70.7. The van der Waals surface area contributed by atoms with E-state index in [1.54, 1.807) is 20.8 Å². The van der Waals surface area contributed by atoms with Crippen molar-refractivity contribution in [3.8, 4) is 23.0 Å². The summed E-state index contributed by atoms with van der Waals surface area (Å²) in [5, 5.41) is 33.2. The Morgan fingerprint density at radius 1 is 0.357 bits per heavy atom. The Morgan fingerprint density at radius 2 is 0.586 bits per heavy atom. The molecule has 822 valence electrons. The molecule has 71 heteroatoms. The second-order valence-electron chi connectivity index (χ2n) is 28.4. The van der Waals surface area contributed by atoms with Gasteiger partial charge in [0, 0.05) is 58.0 Å². The number of ether oxygens (including phenoxy) is 5. The van der Waals surface area contributed by atoms with E-state index in [2.05, 4.69) is 21.4 Å². The number of rotatable bonds is 55. The van der Waals surface area contributed by atoms with E-state index < -0.39 is 310 Å². The predicted octanol–water partition coefficient (Wildman–Crippen LogP) is 27.4. The minimum atomic E-state index is -8.28. The van der Waals surface area contributed by atoms with Crippen LogP contribution in [-0.2, 0) is 27.6 Å². The Balaban J connectivity index is 0. The monoisotopic (exact) mass is 2200 g/mol. The van der Waals surface area contributed by atoms with Gasteiger partial charge < -0.3 is 42.1 Å². The highest BCUT2D eigenvalue weighted by Gasteiger charge is 2.95. The van der Waals surface area contributed by atoms with E-state index in [-0.39, 0.29) is 64.3 Å². The van der Waals surface area contributed by atoms with Crippen molar-refractivity contribution in [2.45, 2.75) is 294 Å². The summed E-state index contributed by atoms with van der Waals surface area (Å²) in [7, 11) is -3.25. The average molecular weight is 2200 g/mol. The van der Waals surface area contributed by atoms with Crippen molar-refractivity contribution in [3.63, 3.8) is 0 Å². The van der Waals surface area contributed by atoms with Gasteiger partial charge >= 0.3 is 158 Å². The number of esters is 1. The highest BCUT2D eigenvalue weighted by Crippen LogP contribution is 2.67. The number of benzene rings is 2. The van der Waals surface area contributed by atoms with Crippen LogP contribution in [0.1, 0.15) is 156 Å². The molecule has 18 nitrogen and oxygen atoms in total. The molecule has 0 saturated carbocycles. The van der Waals surface area contributed by atoms with Crippen LogP contribution in [0.2, 0.25) is 6.04 Å². The lowest BCUT2D eigenvalue weighted by Crippen LogP contribution is -2.70. The van der Waals surface area contributed by atoms with Gasteiger partial charge in [-0.3, -0.25) is 25.0 Å². The SMILES string of the molecule is C.CC(O)c1cc(OCCCC(F)(F)C(F)(F)C(F)(F)C(F)(F)C(F)(F)C(F)(F)F)c(OCCCC(F)(F)C(F)(F)C(F)(F)C(F)(F)C(F)(F)C(F)(F)F)cc1[N+](=O)[O-].CCCCN=C=O.CCO[Si](CCCCC(=O)OC(C)c1cc(OCCCC(F)(F)C(F)(F)C(F)(F)C(F)(F)C(F)(F)C(F)(F)F)c(OCCCC(F)(F)C(F)(F)C(F)(F)C(F)(F)C(F)(F)C(F)(F)F)cc1[N+](=O)[O-])(OCC)OCC. The molecule has 140 heavy (non-hydrogen) atoms. The Bertz CT molecular complexity index is 4330. The number of nitro groups is 2. The highest BCUT2D eigenvalue weighted by molar-refractivity contribution is 6.60. The van der Waals surface area contributed by atoms with Crippen molar-refractivity contribution in [3.05, 3.63) is 55.6 Å². The zero-order valence-electron chi connectivity index (χ0n) is 69.7. The number of nitrogens with zero attached hydrogens (tertiary/aromatic N) is 3. The maximum atomic E-state index is 14.5. The molecule has 2 aromatic rings. The summed E-state index contributed by atoms with van der Waals surface area (Å²) in [6.45, 7) is 2.86. The van der Waals surface area contributed by atoms with Crippen molar-refractivity contribution in [2.75, 3.05) is 52.8 Å². The van der Waals surface area contributed by atoms with E-state index >= 15 is 0 Å². The minimum Gasteiger partial charge on any atom is -0.490 e. The molecule has 2 rings (SSSR count). The molecule has 0 aliphatic rings. The van der Waals surface area contributed by atoms with E-state index in [4.69, 9.17) is 27.5 Å². The van der Waals surface area contributed by atoms with Gasteiger partial charge in [0.1, 0.15) is 6.10 Å². The van der Waals surface area contributed by atoms with Crippen LogP contribution in [0.4, 0.5) is 240 Å². The number of alkyl halides is 52. The van der Waals surface area contributed by atoms with E-state index in [0.717, 1.165) is 26.7 Å². The largest absolute Gasteiger partial charge is 0.500 e. The number of halogens is 52. The lowest BCUT2D eigenvalue weighted by molar-refractivity contribution is -0.440. The smallest absolute Gasteiger partial charge is 0.490 e. The predicted molar refractivity (Wildman–Crippen MR) is 367 cm³/mol. The van der Waals surface area contributed by atoms with Crippen LogP contribution in [-0.4, -0.2) is 232 Å². The number of carbonyl (C=O) groups excluding carboxylic acids is 2. The van der Waals surface area contributed by atoms with Crippen molar-refractivity contribution >= 4 is 32.2 Å². The molecule has 0 bridgehead atoms. The Hall–Kier alpha value is -8.29. The van der Waals surface area contributed by atoms with Crippen LogP contribution >= 0.6 is 0 Å². The van der Waals surface area contributed by atoms with Crippen LogP contribution in [0.3, 0.4) is 0 Å². The molecule has 2 unspecified atom stereocenters. The average Bonchev–Trinajstić information content (AvgIpc) is 0.722. The van der Waals surface area contributed by atoms with Gasteiger partial charge in [-0.25, -0.2) is 9.79 Å². The maximum absolute atomic E-state index is 14.5. The first-order chi connectivity index (χ1) is 61.8. The molecule has 0 heterocycles. The summed E-state index contributed by atoms with van der Waals surface area (Å²) in [5.74, 6) is -162. The summed E-state index contributed by atoms with van der Waals surface area (Å²) < 4.78 is 740. The number of aliphatic imine (C=N–C) groups is 1.